The van der Waals surface area contributed by atoms with Crippen molar-refractivity contribution in [2.75, 3.05) is 31.1 Å². The molecule has 0 unspecified atom stereocenters. The Bertz CT molecular complexity index is 530. The van der Waals surface area contributed by atoms with Gasteiger partial charge in [-0.3, -0.25) is 4.98 Å². The predicted molar refractivity (Wildman–Crippen MR) is 71.6 cm³/mol. The maximum atomic E-state index is 4.36. The van der Waals surface area contributed by atoms with Crippen molar-refractivity contribution in [3.63, 3.8) is 0 Å². The van der Waals surface area contributed by atoms with Crippen molar-refractivity contribution < 1.29 is 0 Å². The molecular weight excluding hydrogens is 210 g/mol. The molecule has 1 aromatic carbocycles. The van der Waals surface area contributed by atoms with Crippen molar-refractivity contribution in [3.05, 3.63) is 36.2 Å². The van der Waals surface area contributed by atoms with Gasteiger partial charge in [0, 0.05) is 49.1 Å². The summed E-state index contributed by atoms with van der Waals surface area (Å²) in [6, 6.07) is 8.79. The number of rotatable bonds is 1. The van der Waals surface area contributed by atoms with Crippen LogP contribution in [0.3, 0.4) is 0 Å². The van der Waals surface area contributed by atoms with Crippen LogP contribution in [0.5, 0.6) is 0 Å². The van der Waals surface area contributed by atoms with E-state index in [1.807, 2.05) is 13.1 Å². The number of hydrogen-bond acceptors (Lipinski definition) is 3. The van der Waals surface area contributed by atoms with E-state index in [-0.39, 0.29) is 0 Å². The number of anilines is 1. The highest BCUT2D eigenvalue weighted by molar-refractivity contribution is 5.85. The Morgan fingerprint density at radius 2 is 1.94 bits per heavy atom. The number of aryl methyl sites for hydroxylation is 1. The fourth-order valence-corrected chi connectivity index (χ4v) is 2.36. The van der Waals surface area contributed by atoms with Gasteiger partial charge in [-0.25, -0.2) is 0 Å². The Balaban J connectivity index is 1.98. The summed E-state index contributed by atoms with van der Waals surface area (Å²) in [4.78, 5) is 6.79. The van der Waals surface area contributed by atoms with Crippen molar-refractivity contribution in [2.24, 2.45) is 0 Å². The van der Waals surface area contributed by atoms with E-state index < -0.39 is 0 Å². The minimum absolute atomic E-state index is 1.07. The first-order chi connectivity index (χ1) is 8.33. The van der Waals surface area contributed by atoms with Gasteiger partial charge in [-0.2, -0.15) is 0 Å². The van der Waals surface area contributed by atoms with E-state index in [0.717, 1.165) is 31.9 Å². The van der Waals surface area contributed by atoms with Gasteiger partial charge in [-0.15, -0.1) is 0 Å². The molecule has 0 amide bonds. The van der Waals surface area contributed by atoms with Crippen LogP contribution in [-0.4, -0.2) is 31.2 Å². The van der Waals surface area contributed by atoms with E-state index in [2.05, 4.69) is 39.5 Å². The normalized spacial score (nSPS) is 16.4. The second kappa shape index (κ2) is 4.34. The maximum Gasteiger partial charge on any atom is 0.0379 e. The van der Waals surface area contributed by atoms with Crippen molar-refractivity contribution >= 4 is 16.5 Å². The first kappa shape index (κ1) is 10.5. The van der Waals surface area contributed by atoms with Crippen molar-refractivity contribution in [1.29, 1.82) is 0 Å². The van der Waals surface area contributed by atoms with Crippen LogP contribution in [0.1, 0.15) is 5.69 Å². The van der Waals surface area contributed by atoms with Crippen LogP contribution < -0.4 is 10.2 Å². The molecule has 1 aromatic heterocycles. The molecule has 1 fully saturated rings. The van der Waals surface area contributed by atoms with Gasteiger partial charge >= 0.3 is 0 Å². The minimum atomic E-state index is 1.07. The highest BCUT2D eigenvalue weighted by Gasteiger charge is 2.10. The second-order valence-electron chi connectivity index (χ2n) is 4.59. The molecule has 1 N–H and O–H groups in total. The Hall–Kier alpha value is -1.61. The third kappa shape index (κ3) is 2.11. The van der Waals surface area contributed by atoms with Crippen LogP contribution in [0, 0.1) is 6.92 Å². The first-order valence-electron chi connectivity index (χ1n) is 6.15. The third-order valence-electron chi connectivity index (χ3n) is 3.32. The van der Waals surface area contributed by atoms with E-state index in [1.165, 1.54) is 16.5 Å². The summed E-state index contributed by atoms with van der Waals surface area (Å²) in [5.74, 6) is 0. The maximum absolute atomic E-state index is 4.36. The lowest BCUT2D eigenvalue weighted by Crippen LogP contribution is -2.43. The van der Waals surface area contributed by atoms with E-state index in [1.54, 1.807) is 0 Å². The SMILES string of the molecule is Cc1cc2ccc(N3CCNCC3)cc2cn1. The Morgan fingerprint density at radius 3 is 2.76 bits per heavy atom. The first-order valence-corrected chi connectivity index (χ1v) is 6.15. The Kier molecular flexibility index (Phi) is 2.69. The van der Waals surface area contributed by atoms with Gasteiger partial charge in [-0.1, -0.05) is 6.07 Å². The molecule has 1 saturated heterocycles. The van der Waals surface area contributed by atoms with Crippen LogP contribution >= 0.6 is 0 Å². The highest BCUT2D eigenvalue weighted by Crippen LogP contribution is 2.22. The molecule has 0 spiro atoms. The summed E-state index contributed by atoms with van der Waals surface area (Å²) in [5, 5.41) is 5.88. The molecule has 0 saturated carbocycles. The Morgan fingerprint density at radius 1 is 1.12 bits per heavy atom. The van der Waals surface area contributed by atoms with E-state index in [9.17, 15) is 0 Å². The zero-order valence-electron chi connectivity index (χ0n) is 10.1. The molecular formula is C14H17N3. The zero-order valence-corrected chi connectivity index (χ0v) is 10.1. The molecule has 0 bridgehead atoms. The molecule has 1 aliphatic heterocycles. The van der Waals surface area contributed by atoms with E-state index >= 15 is 0 Å². The number of fused-ring (bicyclic) bond motifs is 1. The Labute approximate surface area is 101 Å². The van der Waals surface area contributed by atoms with Crippen molar-refractivity contribution in [1.82, 2.24) is 10.3 Å². The summed E-state index contributed by atoms with van der Waals surface area (Å²) in [6.07, 6.45) is 1.97. The minimum Gasteiger partial charge on any atom is -0.369 e. The average Bonchev–Trinajstić information content (AvgIpc) is 2.39. The number of piperazine rings is 1. The largest absolute Gasteiger partial charge is 0.369 e. The summed E-state index contributed by atoms with van der Waals surface area (Å²) in [7, 11) is 0. The monoisotopic (exact) mass is 227 g/mol. The third-order valence-corrected chi connectivity index (χ3v) is 3.32. The smallest absolute Gasteiger partial charge is 0.0379 e. The predicted octanol–water partition coefficient (Wildman–Crippen LogP) is 1.95. The summed E-state index contributed by atoms with van der Waals surface area (Å²) in [5.41, 5.74) is 2.39. The number of nitrogens with one attached hydrogen (secondary N) is 1. The number of benzene rings is 1. The zero-order chi connectivity index (χ0) is 11.7. The van der Waals surface area contributed by atoms with E-state index in [4.69, 9.17) is 0 Å². The van der Waals surface area contributed by atoms with Gasteiger partial charge < -0.3 is 10.2 Å². The number of nitrogens with zero attached hydrogens (tertiary/aromatic N) is 2. The van der Waals surface area contributed by atoms with E-state index in [0.29, 0.717) is 0 Å². The standard InChI is InChI=1S/C14H17N3/c1-11-8-12-2-3-14(9-13(12)10-16-11)17-6-4-15-5-7-17/h2-3,8-10,15H,4-7H2,1H3. The molecule has 88 valence electrons. The van der Waals surface area contributed by atoms with Crippen molar-refractivity contribution in [2.45, 2.75) is 6.92 Å². The number of hydrogen-bond donors (Lipinski definition) is 1. The van der Waals surface area contributed by atoms with Crippen molar-refractivity contribution in [3.8, 4) is 0 Å². The fraction of sp³-hybridized carbons (Fsp3) is 0.357. The van der Waals surface area contributed by atoms with Crippen LogP contribution in [0.2, 0.25) is 0 Å². The van der Waals surface area contributed by atoms with Gasteiger partial charge in [0.1, 0.15) is 0 Å². The van der Waals surface area contributed by atoms with Gasteiger partial charge in [0.25, 0.3) is 0 Å². The van der Waals surface area contributed by atoms with Gasteiger partial charge in [0.15, 0.2) is 0 Å². The van der Waals surface area contributed by atoms with Crippen LogP contribution in [-0.2, 0) is 0 Å². The summed E-state index contributed by atoms with van der Waals surface area (Å²) >= 11 is 0. The fourth-order valence-electron chi connectivity index (χ4n) is 2.36. The summed E-state index contributed by atoms with van der Waals surface area (Å²) < 4.78 is 0. The van der Waals surface area contributed by atoms with Gasteiger partial charge in [-0.05, 0) is 30.5 Å². The topological polar surface area (TPSA) is 28.2 Å². The van der Waals surface area contributed by atoms with Gasteiger partial charge in [0.05, 0.1) is 0 Å². The van der Waals surface area contributed by atoms with Gasteiger partial charge in [0.2, 0.25) is 0 Å². The molecule has 0 radical (unpaired) electrons. The van der Waals surface area contributed by atoms with Crippen LogP contribution in [0.4, 0.5) is 5.69 Å². The van der Waals surface area contributed by atoms with Crippen LogP contribution in [0.25, 0.3) is 10.8 Å². The second-order valence-corrected chi connectivity index (χ2v) is 4.59. The van der Waals surface area contributed by atoms with Crippen LogP contribution in [0.15, 0.2) is 30.5 Å². The molecule has 0 atom stereocenters. The number of pyridine rings is 1. The molecule has 2 aromatic rings. The lowest BCUT2D eigenvalue weighted by molar-refractivity contribution is 0.589. The highest BCUT2D eigenvalue weighted by atomic mass is 15.2. The quantitative estimate of drug-likeness (QED) is 0.807. The molecule has 1 aliphatic rings. The molecule has 3 nitrogen and oxygen atoms in total. The summed E-state index contributed by atoms with van der Waals surface area (Å²) in [6.45, 7) is 6.35. The lowest BCUT2D eigenvalue weighted by Gasteiger charge is -2.29. The number of aromatic nitrogens is 1. The molecule has 2 heterocycles. The molecule has 0 aliphatic carbocycles. The average molecular weight is 227 g/mol. The molecule has 3 heteroatoms. The lowest BCUT2D eigenvalue weighted by atomic mass is 10.1. The molecule has 17 heavy (non-hydrogen) atoms. The molecule has 3 rings (SSSR count).